The molecule has 2 aromatic rings. The van der Waals surface area contributed by atoms with E-state index in [9.17, 15) is 0 Å². The summed E-state index contributed by atoms with van der Waals surface area (Å²) in [5.74, 6) is 0. The minimum atomic E-state index is 0.761. The van der Waals surface area contributed by atoms with Gasteiger partial charge in [0.05, 0.1) is 0 Å². The van der Waals surface area contributed by atoms with Gasteiger partial charge < -0.3 is 0 Å². The van der Waals surface area contributed by atoms with Crippen LogP contribution in [0.1, 0.15) is 11.1 Å². The average molecular weight is 247 g/mol. The molecule has 0 saturated heterocycles. The van der Waals surface area contributed by atoms with E-state index in [0.29, 0.717) is 0 Å². The molecule has 0 aliphatic rings. The summed E-state index contributed by atoms with van der Waals surface area (Å²) in [4.78, 5) is 0.976. The Morgan fingerprint density at radius 3 is 1.69 bits per heavy atom. The van der Waals surface area contributed by atoms with Gasteiger partial charge in [0.2, 0.25) is 0 Å². The smallest absolute Gasteiger partial charge is 0.0406 e. The van der Waals surface area contributed by atoms with Gasteiger partial charge in [0, 0.05) is 9.92 Å². The molecule has 0 aromatic heterocycles. The third kappa shape index (κ3) is 3.16. The summed E-state index contributed by atoms with van der Waals surface area (Å²) in [6.45, 7) is 0. The molecule has 0 spiro atoms. The number of halogens is 1. The van der Waals surface area contributed by atoms with Crippen molar-refractivity contribution >= 4 is 36.4 Å². The Kier molecular flexibility index (Phi) is 3.70. The standard InChI is InChI=1S/C14H11ClS/c15-13-7-3-11(4-8-13)1-2-12-5-9-14(16)10-6-12/h1-10,16H. The molecule has 0 aliphatic heterocycles. The van der Waals surface area contributed by atoms with Gasteiger partial charge in [-0.25, -0.2) is 0 Å². The Bertz CT molecular complexity index is 436. The molecule has 16 heavy (non-hydrogen) atoms. The van der Waals surface area contributed by atoms with E-state index < -0.39 is 0 Å². The van der Waals surface area contributed by atoms with Crippen molar-refractivity contribution < 1.29 is 0 Å². The minimum Gasteiger partial charge on any atom is -0.143 e. The summed E-state index contributed by atoms with van der Waals surface area (Å²) in [5, 5.41) is 0.761. The molecule has 0 bridgehead atoms. The molecule has 0 heterocycles. The number of thiol groups is 1. The van der Waals surface area contributed by atoms with Crippen molar-refractivity contribution in [2.45, 2.75) is 4.90 Å². The van der Waals surface area contributed by atoms with Crippen molar-refractivity contribution in [2.24, 2.45) is 0 Å². The Morgan fingerprint density at radius 1 is 0.750 bits per heavy atom. The van der Waals surface area contributed by atoms with E-state index in [-0.39, 0.29) is 0 Å². The first-order valence-corrected chi connectivity index (χ1v) is 5.79. The maximum Gasteiger partial charge on any atom is 0.0406 e. The number of hydrogen-bond donors (Lipinski definition) is 1. The first-order chi connectivity index (χ1) is 7.74. The summed E-state index contributed by atoms with van der Waals surface area (Å²) in [7, 11) is 0. The molecule has 0 N–H and O–H groups in total. The molecule has 0 atom stereocenters. The topological polar surface area (TPSA) is 0 Å². The Balaban J connectivity index is 2.15. The van der Waals surface area contributed by atoms with Gasteiger partial charge >= 0.3 is 0 Å². The lowest BCUT2D eigenvalue weighted by molar-refractivity contribution is 1.46. The number of rotatable bonds is 2. The van der Waals surface area contributed by atoms with Gasteiger partial charge in [-0.3, -0.25) is 0 Å². The summed E-state index contributed by atoms with van der Waals surface area (Å²) in [6.07, 6.45) is 4.13. The van der Waals surface area contributed by atoms with Crippen LogP contribution >= 0.6 is 24.2 Å². The molecule has 80 valence electrons. The predicted octanol–water partition coefficient (Wildman–Crippen LogP) is 4.80. The lowest BCUT2D eigenvalue weighted by Gasteiger charge is -1.95. The summed E-state index contributed by atoms with van der Waals surface area (Å²) in [6, 6.07) is 15.8. The van der Waals surface area contributed by atoms with Crippen molar-refractivity contribution in [2.75, 3.05) is 0 Å². The third-order valence-corrected chi connectivity index (χ3v) is 2.78. The van der Waals surface area contributed by atoms with Gasteiger partial charge in [0.15, 0.2) is 0 Å². The molecular formula is C14H11ClS. The highest BCUT2D eigenvalue weighted by Crippen LogP contribution is 2.13. The summed E-state index contributed by atoms with van der Waals surface area (Å²) in [5.41, 5.74) is 2.30. The van der Waals surface area contributed by atoms with Crippen molar-refractivity contribution in [3.05, 3.63) is 64.7 Å². The first kappa shape index (κ1) is 11.3. The van der Waals surface area contributed by atoms with Gasteiger partial charge in [0.25, 0.3) is 0 Å². The van der Waals surface area contributed by atoms with Gasteiger partial charge in [-0.1, -0.05) is 48.0 Å². The van der Waals surface area contributed by atoms with E-state index in [4.69, 9.17) is 11.6 Å². The van der Waals surface area contributed by atoms with Crippen LogP contribution in [0, 0.1) is 0 Å². The summed E-state index contributed by atoms with van der Waals surface area (Å²) >= 11 is 10.1. The normalized spacial score (nSPS) is 10.9. The van der Waals surface area contributed by atoms with Gasteiger partial charge in [0.1, 0.15) is 0 Å². The van der Waals surface area contributed by atoms with Crippen molar-refractivity contribution in [1.29, 1.82) is 0 Å². The van der Waals surface area contributed by atoms with Crippen LogP contribution in [0.2, 0.25) is 5.02 Å². The van der Waals surface area contributed by atoms with Crippen molar-refractivity contribution in [1.82, 2.24) is 0 Å². The highest BCUT2D eigenvalue weighted by Gasteiger charge is 1.89. The Hall–Kier alpha value is -1.18. The second kappa shape index (κ2) is 5.24. The van der Waals surface area contributed by atoms with E-state index in [1.807, 2.05) is 48.5 Å². The molecule has 2 rings (SSSR count). The highest BCUT2D eigenvalue weighted by atomic mass is 35.5. The van der Waals surface area contributed by atoms with Crippen LogP contribution in [0.5, 0.6) is 0 Å². The van der Waals surface area contributed by atoms with Crippen LogP contribution in [0.3, 0.4) is 0 Å². The van der Waals surface area contributed by atoms with Crippen LogP contribution < -0.4 is 0 Å². The fourth-order valence-corrected chi connectivity index (χ4v) is 1.63. The van der Waals surface area contributed by atoms with Crippen LogP contribution in [-0.2, 0) is 0 Å². The van der Waals surface area contributed by atoms with Crippen LogP contribution in [0.15, 0.2) is 53.4 Å². The van der Waals surface area contributed by atoms with Crippen molar-refractivity contribution in [3.8, 4) is 0 Å². The maximum absolute atomic E-state index is 5.81. The lowest BCUT2D eigenvalue weighted by Crippen LogP contribution is -1.73. The zero-order valence-electron chi connectivity index (χ0n) is 8.60. The highest BCUT2D eigenvalue weighted by molar-refractivity contribution is 7.80. The average Bonchev–Trinajstić information content (AvgIpc) is 2.30. The quantitative estimate of drug-likeness (QED) is 0.571. The molecule has 0 unspecified atom stereocenters. The van der Waals surface area contributed by atoms with Gasteiger partial charge in [-0.2, -0.15) is 0 Å². The zero-order chi connectivity index (χ0) is 11.4. The molecule has 2 aromatic carbocycles. The third-order valence-electron chi connectivity index (χ3n) is 2.23. The van der Waals surface area contributed by atoms with E-state index in [2.05, 4.69) is 24.8 Å². The second-order valence-electron chi connectivity index (χ2n) is 3.48. The Labute approximate surface area is 106 Å². The molecule has 0 saturated carbocycles. The van der Waals surface area contributed by atoms with Gasteiger partial charge in [-0.05, 0) is 35.4 Å². The van der Waals surface area contributed by atoms with Crippen LogP contribution in [0.25, 0.3) is 12.2 Å². The molecule has 0 aliphatic carbocycles. The monoisotopic (exact) mass is 246 g/mol. The largest absolute Gasteiger partial charge is 0.143 e. The molecule has 0 nitrogen and oxygen atoms in total. The predicted molar refractivity (Wildman–Crippen MR) is 74.1 cm³/mol. The molecule has 0 radical (unpaired) electrons. The van der Waals surface area contributed by atoms with Crippen LogP contribution in [-0.4, -0.2) is 0 Å². The lowest BCUT2D eigenvalue weighted by atomic mass is 10.1. The molecule has 0 fully saturated rings. The van der Waals surface area contributed by atoms with E-state index >= 15 is 0 Å². The number of hydrogen-bond acceptors (Lipinski definition) is 1. The summed E-state index contributed by atoms with van der Waals surface area (Å²) < 4.78 is 0. The molecule has 2 heteroatoms. The van der Waals surface area contributed by atoms with Crippen LogP contribution in [0.4, 0.5) is 0 Å². The molecular weight excluding hydrogens is 236 g/mol. The molecule has 0 amide bonds. The van der Waals surface area contributed by atoms with E-state index in [1.54, 1.807) is 0 Å². The SMILES string of the molecule is Sc1ccc(C=Cc2ccc(Cl)cc2)cc1. The van der Waals surface area contributed by atoms with E-state index in [1.165, 1.54) is 0 Å². The minimum absolute atomic E-state index is 0.761. The fourth-order valence-electron chi connectivity index (χ4n) is 1.35. The zero-order valence-corrected chi connectivity index (χ0v) is 10.2. The van der Waals surface area contributed by atoms with Gasteiger partial charge in [-0.15, -0.1) is 12.6 Å². The maximum atomic E-state index is 5.81. The second-order valence-corrected chi connectivity index (χ2v) is 4.43. The van der Waals surface area contributed by atoms with Crippen molar-refractivity contribution in [3.63, 3.8) is 0 Å². The van der Waals surface area contributed by atoms with E-state index in [0.717, 1.165) is 21.0 Å². The Morgan fingerprint density at radius 2 is 1.19 bits per heavy atom. The first-order valence-electron chi connectivity index (χ1n) is 4.97. The number of benzene rings is 2. The fraction of sp³-hybridized carbons (Fsp3) is 0.